The number of aromatic nitrogens is 1. The van der Waals surface area contributed by atoms with Gasteiger partial charge < -0.3 is 27.9 Å². The van der Waals surface area contributed by atoms with Crippen LogP contribution in [0, 0.1) is 0 Å². The molecule has 210 valence electrons. The van der Waals surface area contributed by atoms with E-state index in [1.807, 2.05) is 6.92 Å². The average molecular weight is 561 g/mol. The second-order valence-corrected chi connectivity index (χ2v) is 8.32. The molecule has 0 saturated heterocycles. The SMILES string of the molecule is CCCOC(=O)c1ccc(Oc2c(C(F)(F)F)oc3cc(OC(=O)CCc4cc(OC)no4)ccc3c2=O)cc1. The number of carbonyl (C=O) groups is 2. The molecule has 0 N–H and O–H groups in total. The van der Waals surface area contributed by atoms with Crippen molar-refractivity contribution >= 4 is 22.9 Å². The van der Waals surface area contributed by atoms with Crippen LogP contribution in [-0.4, -0.2) is 30.8 Å². The standard InChI is InChI=1S/C27H22F3NO9/c1-3-12-36-26(34)15-4-6-16(7-5-15)38-24-23(33)19-10-8-17(13-20(19)39-25(24)27(28,29)30)37-22(32)11-9-18-14-21(35-2)31-40-18/h4-8,10,13-14H,3,9,11-12H2,1-2H3. The van der Waals surface area contributed by atoms with Crippen LogP contribution in [0.5, 0.6) is 23.1 Å². The number of aryl methyl sites for hydroxylation is 1. The Balaban J connectivity index is 1.56. The monoisotopic (exact) mass is 561 g/mol. The van der Waals surface area contributed by atoms with E-state index in [1.165, 1.54) is 43.5 Å². The lowest BCUT2D eigenvalue weighted by Crippen LogP contribution is -2.16. The van der Waals surface area contributed by atoms with Gasteiger partial charge in [-0.05, 0) is 48.0 Å². The number of hydrogen-bond acceptors (Lipinski definition) is 10. The minimum atomic E-state index is -5.10. The van der Waals surface area contributed by atoms with Crippen LogP contribution in [0.4, 0.5) is 13.2 Å². The minimum Gasteiger partial charge on any atom is -0.479 e. The van der Waals surface area contributed by atoms with Crippen LogP contribution in [0.2, 0.25) is 0 Å². The molecule has 2 aromatic heterocycles. The Bertz CT molecular complexity index is 1570. The van der Waals surface area contributed by atoms with Crippen LogP contribution in [0.1, 0.15) is 41.6 Å². The van der Waals surface area contributed by atoms with Gasteiger partial charge in [0.1, 0.15) is 22.8 Å². The van der Waals surface area contributed by atoms with Crippen molar-refractivity contribution in [3.8, 4) is 23.1 Å². The third-order valence-corrected chi connectivity index (χ3v) is 5.38. The number of ether oxygens (including phenoxy) is 4. The fourth-order valence-corrected chi connectivity index (χ4v) is 3.47. The highest BCUT2D eigenvalue weighted by atomic mass is 19.4. The molecular weight excluding hydrogens is 539 g/mol. The summed E-state index contributed by atoms with van der Waals surface area (Å²) in [6.07, 6.45) is -4.47. The van der Waals surface area contributed by atoms with Crippen molar-refractivity contribution in [1.82, 2.24) is 5.16 Å². The van der Waals surface area contributed by atoms with E-state index in [2.05, 4.69) is 5.16 Å². The van der Waals surface area contributed by atoms with E-state index in [1.54, 1.807) is 0 Å². The Morgan fingerprint density at radius 3 is 2.40 bits per heavy atom. The molecule has 0 aliphatic carbocycles. The van der Waals surface area contributed by atoms with Crippen molar-refractivity contribution in [2.75, 3.05) is 13.7 Å². The van der Waals surface area contributed by atoms with Gasteiger partial charge in [-0.15, -0.1) is 0 Å². The summed E-state index contributed by atoms with van der Waals surface area (Å²) in [5.74, 6) is -3.76. The zero-order valence-corrected chi connectivity index (χ0v) is 21.2. The summed E-state index contributed by atoms with van der Waals surface area (Å²) in [5, 5.41) is 3.37. The maximum Gasteiger partial charge on any atom is 0.453 e. The molecule has 2 heterocycles. The van der Waals surface area contributed by atoms with E-state index >= 15 is 0 Å². The quantitative estimate of drug-likeness (QED) is 0.176. The number of benzene rings is 2. The molecule has 0 spiro atoms. The van der Waals surface area contributed by atoms with Crippen molar-refractivity contribution in [3.05, 3.63) is 75.8 Å². The number of alkyl halides is 3. The largest absolute Gasteiger partial charge is 0.479 e. The maximum atomic E-state index is 13.9. The second kappa shape index (κ2) is 11.9. The number of hydrogen-bond donors (Lipinski definition) is 0. The van der Waals surface area contributed by atoms with Gasteiger partial charge in [-0.1, -0.05) is 6.92 Å². The Hall–Kier alpha value is -4.81. The van der Waals surface area contributed by atoms with Gasteiger partial charge in [-0.3, -0.25) is 9.59 Å². The molecule has 4 aromatic rings. The van der Waals surface area contributed by atoms with E-state index in [9.17, 15) is 27.6 Å². The fourth-order valence-electron chi connectivity index (χ4n) is 3.47. The highest BCUT2D eigenvalue weighted by Gasteiger charge is 2.40. The average Bonchev–Trinajstić information content (AvgIpc) is 3.40. The van der Waals surface area contributed by atoms with Crippen molar-refractivity contribution in [1.29, 1.82) is 0 Å². The topological polar surface area (TPSA) is 127 Å². The van der Waals surface area contributed by atoms with Gasteiger partial charge in [-0.25, -0.2) is 4.79 Å². The fraction of sp³-hybridized carbons (Fsp3) is 0.259. The van der Waals surface area contributed by atoms with E-state index in [-0.39, 0.29) is 47.8 Å². The third kappa shape index (κ3) is 6.60. The molecule has 0 unspecified atom stereocenters. The summed E-state index contributed by atoms with van der Waals surface area (Å²) in [4.78, 5) is 37.2. The second-order valence-electron chi connectivity index (χ2n) is 8.32. The van der Waals surface area contributed by atoms with E-state index in [4.69, 9.17) is 27.9 Å². The molecule has 2 aromatic carbocycles. The Labute approximate surface area is 224 Å². The number of halogens is 3. The normalized spacial score (nSPS) is 11.3. The van der Waals surface area contributed by atoms with Gasteiger partial charge in [0, 0.05) is 18.6 Å². The highest BCUT2D eigenvalue weighted by molar-refractivity contribution is 5.89. The Kier molecular flexibility index (Phi) is 8.41. The molecule has 0 amide bonds. The zero-order valence-electron chi connectivity index (χ0n) is 21.2. The van der Waals surface area contributed by atoms with Gasteiger partial charge in [0.25, 0.3) is 11.6 Å². The molecule has 0 fully saturated rings. The van der Waals surface area contributed by atoms with Crippen molar-refractivity contribution in [2.24, 2.45) is 0 Å². The molecule has 0 saturated carbocycles. The molecular formula is C27H22F3NO9. The molecule has 0 atom stereocenters. The smallest absolute Gasteiger partial charge is 0.453 e. The molecule has 0 radical (unpaired) electrons. The number of carbonyl (C=O) groups excluding carboxylic acids is 2. The third-order valence-electron chi connectivity index (χ3n) is 5.38. The molecule has 40 heavy (non-hydrogen) atoms. The number of methoxy groups -OCH3 is 1. The predicted molar refractivity (Wildman–Crippen MR) is 132 cm³/mol. The van der Waals surface area contributed by atoms with E-state index in [0.29, 0.717) is 12.2 Å². The summed E-state index contributed by atoms with van der Waals surface area (Å²) >= 11 is 0. The zero-order chi connectivity index (χ0) is 28.9. The molecule has 0 aliphatic rings. The van der Waals surface area contributed by atoms with Crippen LogP contribution in [0.25, 0.3) is 11.0 Å². The lowest BCUT2D eigenvalue weighted by atomic mass is 10.2. The van der Waals surface area contributed by atoms with Crippen molar-refractivity contribution < 1.29 is 50.6 Å². The van der Waals surface area contributed by atoms with Crippen molar-refractivity contribution in [3.63, 3.8) is 0 Å². The summed E-state index contributed by atoms with van der Waals surface area (Å²) in [5.41, 5.74) is -1.41. The van der Waals surface area contributed by atoms with Gasteiger partial charge in [-0.2, -0.15) is 13.2 Å². The number of nitrogens with zero attached hydrogens (tertiary/aromatic N) is 1. The van der Waals surface area contributed by atoms with Crippen molar-refractivity contribution in [2.45, 2.75) is 32.4 Å². The van der Waals surface area contributed by atoms with Gasteiger partial charge in [0.05, 0.1) is 31.1 Å². The van der Waals surface area contributed by atoms with E-state index in [0.717, 1.165) is 12.1 Å². The Morgan fingerprint density at radius 2 is 1.75 bits per heavy atom. The number of rotatable bonds is 10. The van der Waals surface area contributed by atoms with Gasteiger partial charge >= 0.3 is 18.1 Å². The first-order chi connectivity index (χ1) is 19.1. The first kappa shape index (κ1) is 28.2. The number of fused-ring (bicyclic) bond motifs is 1. The molecule has 13 heteroatoms. The summed E-state index contributed by atoms with van der Waals surface area (Å²) in [6.45, 7) is 2.04. The molecule has 4 rings (SSSR count). The lowest BCUT2D eigenvalue weighted by molar-refractivity contribution is -0.154. The van der Waals surface area contributed by atoms with Crippen LogP contribution < -0.4 is 19.6 Å². The molecule has 0 bridgehead atoms. The van der Waals surface area contributed by atoms with Crippen LogP contribution in [0.3, 0.4) is 0 Å². The highest BCUT2D eigenvalue weighted by Crippen LogP contribution is 2.38. The first-order valence-electron chi connectivity index (χ1n) is 11.9. The van der Waals surface area contributed by atoms with Crippen LogP contribution >= 0.6 is 0 Å². The minimum absolute atomic E-state index is 0.129. The maximum absolute atomic E-state index is 13.9. The van der Waals surface area contributed by atoms with E-state index < -0.39 is 40.6 Å². The summed E-state index contributed by atoms with van der Waals surface area (Å²) in [6, 6.07) is 9.93. The van der Waals surface area contributed by atoms with Crippen LogP contribution in [0.15, 0.2) is 62.3 Å². The summed E-state index contributed by atoms with van der Waals surface area (Å²) < 4.78 is 72.0. The number of esters is 2. The Morgan fingerprint density at radius 1 is 1.02 bits per heavy atom. The summed E-state index contributed by atoms with van der Waals surface area (Å²) in [7, 11) is 1.40. The molecule has 0 aliphatic heterocycles. The lowest BCUT2D eigenvalue weighted by Gasteiger charge is -2.14. The molecule has 10 nitrogen and oxygen atoms in total. The van der Waals surface area contributed by atoms with Crippen LogP contribution in [-0.2, 0) is 22.1 Å². The first-order valence-corrected chi connectivity index (χ1v) is 11.9. The van der Waals surface area contributed by atoms with Gasteiger partial charge in [0.15, 0.2) is 0 Å². The predicted octanol–water partition coefficient (Wildman–Crippen LogP) is 5.71. The van der Waals surface area contributed by atoms with Gasteiger partial charge in [0.2, 0.25) is 11.2 Å².